The third kappa shape index (κ3) is 4.25. The van der Waals surface area contributed by atoms with Gasteiger partial charge in [-0.2, -0.15) is 4.98 Å². The van der Waals surface area contributed by atoms with Crippen LogP contribution in [0.2, 0.25) is 0 Å². The second-order valence-corrected chi connectivity index (χ2v) is 5.37. The second-order valence-electron chi connectivity index (χ2n) is 5.37. The van der Waals surface area contributed by atoms with Crippen molar-refractivity contribution < 1.29 is 9.26 Å². The standard InChI is InChI=1S/C14H19N5O2.C2H6/c1-20-12-7-6-11(17-18-12)13-16-14(21-19-13)10-4-2-9(8-15)3-5-10;1-2/h6-7,9-10H,2-5,8,15H2,1H3;1-2H3. The Balaban J connectivity index is 0.000000924. The van der Waals surface area contributed by atoms with Crippen LogP contribution >= 0.6 is 0 Å². The number of aromatic nitrogens is 4. The van der Waals surface area contributed by atoms with E-state index in [1.54, 1.807) is 19.2 Å². The molecule has 1 saturated carbocycles. The molecule has 2 N–H and O–H groups in total. The van der Waals surface area contributed by atoms with E-state index in [1.807, 2.05) is 13.8 Å². The van der Waals surface area contributed by atoms with Crippen molar-refractivity contribution in [2.24, 2.45) is 11.7 Å². The van der Waals surface area contributed by atoms with Gasteiger partial charge < -0.3 is 15.0 Å². The van der Waals surface area contributed by atoms with Crippen molar-refractivity contribution in [1.82, 2.24) is 20.3 Å². The largest absolute Gasteiger partial charge is 0.480 e. The Hall–Kier alpha value is -2.02. The van der Waals surface area contributed by atoms with E-state index in [4.69, 9.17) is 15.0 Å². The summed E-state index contributed by atoms with van der Waals surface area (Å²) in [5, 5.41) is 11.9. The van der Waals surface area contributed by atoms with Crippen molar-refractivity contribution >= 4 is 0 Å². The second kappa shape index (κ2) is 8.57. The molecule has 0 atom stereocenters. The number of ether oxygens (including phenoxy) is 1. The topological polar surface area (TPSA) is 100.0 Å². The molecule has 7 heteroatoms. The van der Waals surface area contributed by atoms with Gasteiger partial charge in [0, 0.05) is 12.0 Å². The van der Waals surface area contributed by atoms with Crippen LogP contribution in [0.4, 0.5) is 0 Å². The van der Waals surface area contributed by atoms with Crippen LogP contribution in [0, 0.1) is 5.92 Å². The maximum atomic E-state index is 5.71. The summed E-state index contributed by atoms with van der Waals surface area (Å²) in [5.41, 5.74) is 6.30. The molecule has 0 aromatic carbocycles. The van der Waals surface area contributed by atoms with Crippen molar-refractivity contribution in [1.29, 1.82) is 0 Å². The maximum Gasteiger partial charge on any atom is 0.233 e. The summed E-state index contributed by atoms with van der Waals surface area (Å²) < 4.78 is 10.4. The Morgan fingerprint density at radius 1 is 1.17 bits per heavy atom. The van der Waals surface area contributed by atoms with E-state index in [-0.39, 0.29) is 0 Å². The minimum atomic E-state index is 0.334. The number of methoxy groups -OCH3 is 1. The van der Waals surface area contributed by atoms with Crippen molar-refractivity contribution in [3.63, 3.8) is 0 Å². The summed E-state index contributed by atoms with van der Waals surface area (Å²) in [6.07, 6.45) is 4.36. The Bertz CT molecular complexity index is 576. The first kappa shape index (κ1) is 17.3. The highest BCUT2D eigenvalue weighted by Gasteiger charge is 2.26. The molecule has 2 aromatic heterocycles. The molecule has 2 heterocycles. The zero-order valence-corrected chi connectivity index (χ0v) is 14.0. The monoisotopic (exact) mass is 319 g/mol. The van der Waals surface area contributed by atoms with Crippen LogP contribution in [0.25, 0.3) is 11.5 Å². The van der Waals surface area contributed by atoms with E-state index in [2.05, 4.69) is 20.3 Å². The minimum absolute atomic E-state index is 0.334. The normalized spacial score (nSPS) is 20.5. The molecule has 1 aliphatic rings. The third-order valence-corrected chi connectivity index (χ3v) is 4.05. The lowest BCUT2D eigenvalue weighted by molar-refractivity contribution is 0.275. The zero-order valence-electron chi connectivity index (χ0n) is 14.0. The molecule has 126 valence electrons. The minimum Gasteiger partial charge on any atom is -0.480 e. The van der Waals surface area contributed by atoms with E-state index >= 15 is 0 Å². The average molecular weight is 319 g/mol. The first-order valence-corrected chi connectivity index (χ1v) is 8.22. The number of rotatable bonds is 4. The van der Waals surface area contributed by atoms with Crippen LogP contribution < -0.4 is 10.5 Å². The fourth-order valence-electron chi connectivity index (χ4n) is 2.70. The summed E-state index contributed by atoms with van der Waals surface area (Å²) in [4.78, 5) is 4.46. The Kier molecular flexibility index (Phi) is 6.46. The van der Waals surface area contributed by atoms with E-state index in [0.29, 0.717) is 35.1 Å². The van der Waals surface area contributed by atoms with Crippen molar-refractivity contribution in [2.75, 3.05) is 13.7 Å². The molecular formula is C16H25N5O2. The molecule has 23 heavy (non-hydrogen) atoms. The Morgan fingerprint density at radius 2 is 1.91 bits per heavy atom. The SMILES string of the molecule is CC.COc1ccc(-c2noc(C3CCC(CN)CC3)n2)nn1. The lowest BCUT2D eigenvalue weighted by Gasteiger charge is -2.24. The predicted octanol–water partition coefficient (Wildman–Crippen LogP) is 2.79. The fraction of sp³-hybridized carbons (Fsp3) is 0.625. The van der Waals surface area contributed by atoms with Crippen LogP contribution in [-0.2, 0) is 0 Å². The molecule has 0 spiro atoms. The van der Waals surface area contributed by atoms with Gasteiger partial charge in [0.05, 0.1) is 7.11 Å². The third-order valence-electron chi connectivity index (χ3n) is 4.05. The predicted molar refractivity (Wildman–Crippen MR) is 87.0 cm³/mol. The molecule has 0 bridgehead atoms. The summed E-state index contributed by atoms with van der Waals surface area (Å²) in [7, 11) is 1.55. The van der Waals surface area contributed by atoms with Crippen LogP contribution in [0.5, 0.6) is 5.88 Å². The summed E-state index contributed by atoms with van der Waals surface area (Å²) in [6, 6.07) is 3.50. The van der Waals surface area contributed by atoms with E-state index in [1.165, 1.54) is 0 Å². The number of nitrogens with two attached hydrogens (primary N) is 1. The summed E-state index contributed by atoms with van der Waals surface area (Å²) in [6.45, 7) is 4.77. The van der Waals surface area contributed by atoms with Gasteiger partial charge in [-0.25, -0.2) is 0 Å². The maximum absolute atomic E-state index is 5.71. The quantitative estimate of drug-likeness (QED) is 0.924. The van der Waals surface area contributed by atoms with Crippen molar-refractivity contribution in [3.8, 4) is 17.4 Å². The van der Waals surface area contributed by atoms with Crippen LogP contribution in [-0.4, -0.2) is 34.0 Å². The number of hydrogen-bond donors (Lipinski definition) is 1. The smallest absolute Gasteiger partial charge is 0.233 e. The molecule has 0 saturated heterocycles. The molecule has 2 aromatic rings. The lowest BCUT2D eigenvalue weighted by Crippen LogP contribution is -2.20. The van der Waals surface area contributed by atoms with E-state index in [0.717, 1.165) is 32.2 Å². The highest BCUT2D eigenvalue weighted by molar-refractivity contribution is 5.47. The zero-order chi connectivity index (χ0) is 16.7. The molecule has 0 radical (unpaired) electrons. The van der Waals surface area contributed by atoms with E-state index < -0.39 is 0 Å². The van der Waals surface area contributed by atoms with Gasteiger partial charge in [-0.3, -0.25) is 0 Å². The summed E-state index contributed by atoms with van der Waals surface area (Å²) >= 11 is 0. The number of nitrogens with zero attached hydrogens (tertiary/aromatic N) is 4. The molecule has 0 aliphatic heterocycles. The molecule has 1 aliphatic carbocycles. The number of hydrogen-bond acceptors (Lipinski definition) is 7. The van der Waals surface area contributed by atoms with Crippen LogP contribution in [0.1, 0.15) is 51.3 Å². The highest BCUT2D eigenvalue weighted by Crippen LogP contribution is 2.35. The highest BCUT2D eigenvalue weighted by atomic mass is 16.5. The first-order valence-electron chi connectivity index (χ1n) is 8.22. The van der Waals surface area contributed by atoms with Gasteiger partial charge in [-0.15, -0.1) is 10.2 Å². The molecule has 0 unspecified atom stereocenters. The molecule has 1 fully saturated rings. The van der Waals surface area contributed by atoms with Gasteiger partial charge in [-0.05, 0) is 44.2 Å². The Morgan fingerprint density at radius 3 is 2.48 bits per heavy atom. The molecule has 7 nitrogen and oxygen atoms in total. The first-order chi connectivity index (χ1) is 11.3. The molecule has 3 rings (SSSR count). The lowest BCUT2D eigenvalue weighted by atomic mass is 9.82. The summed E-state index contributed by atoms with van der Waals surface area (Å²) in [5.74, 6) is 2.60. The Labute approximate surface area is 136 Å². The van der Waals surface area contributed by atoms with E-state index in [9.17, 15) is 0 Å². The van der Waals surface area contributed by atoms with Crippen molar-refractivity contribution in [3.05, 3.63) is 18.0 Å². The van der Waals surface area contributed by atoms with Crippen molar-refractivity contribution in [2.45, 2.75) is 45.4 Å². The van der Waals surface area contributed by atoms with Gasteiger partial charge in [0.15, 0.2) is 0 Å². The molecule has 0 amide bonds. The fourth-order valence-corrected chi connectivity index (χ4v) is 2.70. The average Bonchev–Trinajstić information content (AvgIpc) is 3.13. The van der Waals surface area contributed by atoms with Gasteiger partial charge in [-0.1, -0.05) is 19.0 Å². The molecular weight excluding hydrogens is 294 g/mol. The van der Waals surface area contributed by atoms with Crippen LogP contribution in [0.15, 0.2) is 16.7 Å². The van der Waals surface area contributed by atoms with Gasteiger partial charge in [0.2, 0.25) is 17.6 Å². The van der Waals surface area contributed by atoms with Gasteiger partial charge in [0.1, 0.15) is 5.69 Å². The van der Waals surface area contributed by atoms with Gasteiger partial charge >= 0.3 is 0 Å². The van der Waals surface area contributed by atoms with Gasteiger partial charge in [0.25, 0.3) is 0 Å². The van der Waals surface area contributed by atoms with Crippen LogP contribution in [0.3, 0.4) is 0 Å².